The van der Waals surface area contributed by atoms with E-state index in [0.717, 1.165) is 12.8 Å². The Balaban J connectivity index is 1.99. The molecule has 1 aromatic carbocycles. The van der Waals surface area contributed by atoms with Gasteiger partial charge in [-0.2, -0.15) is 0 Å². The highest BCUT2D eigenvalue weighted by Gasteiger charge is 2.38. The summed E-state index contributed by atoms with van der Waals surface area (Å²) in [4.78, 5) is 14.7. The predicted octanol–water partition coefficient (Wildman–Crippen LogP) is 2.57. The minimum atomic E-state index is -3.77. The third-order valence-electron chi connectivity index (χ3n) is 4.63. The van der Waals surface area contributed by atoms with Crippen LogP contribution in [0.3, 0.4) is 0 Å². The number of nitrogens with zero attached hydrogens (tertiary/aromatic N) is 2. The number of benzene rings is 1. The van der Waals surface area contributed by atoms with Gasteiger partial charge in [-0.15, -0.1) is 0 Å². The smallest absolute Gasteiger partial charge is 0.245 e. The Morgan fingerprint density at radius 3 is 2.40 bits per heavy atom. The summed E-state index contributed by atoms with van der Waals surface area (Å²) in [5.74, 6) is -0.121. The number of aromatic nitrogens is 1. The van der Waals surface area contributed by atoms with Crippen molar-refractivity contribution >= 4 is 15.7 Å². The lowest BCUT2D eigenvalue weighted by Crippen LogP contribution is -2.36. The fraction of sp³-hybridized carbons (Fsp3) is 0.444. The second kappa shape index (κ2) is 7.00. The first-order valence-electron chi connectivity index (χ1n) is 8.37. The first-order valence-corrected chi connectivity index (χ1v) is 10.1. The molecule has 2 aromatic rings. The highest BCUT2D eigenvalue weighted by molar-refractivity contribution is 7.91. The van der Waals surface area contributed by atoms with E-state index in [9.17, 15) is 13.2 Å². The molecule has 1 amide bonds. The van der Waals surface area contributed by atoms with E-state index >= 15 is 0 Å². The summed E-state index contributed by atoms with van der Waals surface area (Å²) >= 11 is 0. The van der Waals surface area contributed by atoms with Crippen LogP contribution in [0, 0.1) is 13.8 Å². The van der Waals surface area contributed by atoms with Gasteiger partial charge in [0.2, 0.25) is 5.91 Å². The van der Waals surface area contributed by atoms with E-state index in [2.05, 4.69) is 5.16 Å². The maximum atomic E-state index is 13.2. The molecule has 1 aromatic heterocycles. The van der Waals surface area contributed by atoms with Gasteiger partial charge in [0.15, 0.2) is 15.1 Å². The molecule has 3 rings (SSSR count). The highest BCUT2D eigenvalue weighted by atomic mass is 32.2. The molecule has 0 saturated carbocycles. The number of sulfone groups is 1. The van der Waals surface area contributed by atoms with Crippen LogP contribution in [0.1, 0.15) is 40.7 Å². The van der Waals surface area contributed by atoms with Crippen molar-refractivity contribution in [3.8, 4) is 0 Å². The van der Waals surface area contributed by atoms with Gasteiger partial charge in [0.1, 0.15) is 5.76 Å². The number of carbonyl (C=O) groups is 1. The third kappa shape index (κ3) is 3.61. The van der Waals surface area contributed by atoms with Crippen LogP contribution >= 0.6 is 0 Å². The molecule has 0 unspecified atom stereocenters. The summed E-state index contributed by atoms with van der Waals surface area (Å²) in [5, 5.41) is 2.63. The highest BCUT2D eigenvalue weighted by Crippen LogP contribution is 2.30. The van der Waals surface area contributed by atoms with Gasteiger partial charge in [-0.1, -0.05) is 35.5 Å². The Hall–Kier alpha value is -2.15. The van der Waals surface area contributed by atoms with E-state index < -0.39 is 15.1 Å². The number of hydrogen-bond acceptors (Lipinski definition) is 5. The van der Waals surface area contributed by atoms with Crippen molar-refractivity contribution in [3.63, 3.8) is 0 Å². The van der Waals surface area contributed by atoms with E-state index in [0.29, 0.717) is 35.7 Å². The van der Waals surface area contributed by atoms with Crippen molar-refractivity contribution in [1.82, 2.24) is 10.1 Å². The Kier molecular flexibility index (Phi) is 4.94. The summed E-state index contributed by atoms with van der Waals surface area (Å²) in [5.41, 5.74) is 1.59. The van der Waals surface area contributed by atoms with E-state index in [1.54, 1.807) is 43.0 Å². The summed E-state index contributed by atoms with van der Waals surface area (Å²) in [7, 11) is -3.77. The lowest BCUT2D eigenvalue weighted by atomic mass is 10.1. The molecule has 0 radical (unpaired) electrons. The molecule has 1 fully saturated rings. The molecule has 0 spiro atoms. The minimum absolute atomic E-state index is 0.257. The van der Waals surface area contributed by atoms with Gasteiger partial charge < -0.3 is 9.42 Å². The summed E-state index contributed by atoms with van der Waals surface area (Å²) in [6.45, 7) is 4.62. The Morgan fingerprint density at radius 2 is 1.84 bits per heavy atom. The van der Waals surface area contributed by atoms with Gasteiger partial charge in [0.05, 0.1) is 11.4 Å². The molecule has 1 saturated heterocycles. The molecular formula is C18H22N2O4S. The molecule has 0 aliphatic carbocycles. The van der Waals surface area contributed by atoms with Gasteiger partial charge in [-0.05, 0) is 32.3 Å². The minimum Gasteiger partial charge on any atom is -0.361 e. The second-order valence-corrected chi connectivity index (χ2v) is 8.52. The van der Waals surface area contributed by atoms with Crippen molar-refractivity contribution in [2.45, 2.75) is 37.7 Å². The lowest BCUT2D eigenvalue weighted by molar-refractivity contribution is -0.129. The summed E-state index contributed by atoms with van der Waals surface area (Å²) in [6, 6.07) is 8.71. The van der Waals surface area contributed by atoms with E-state index in [-0.39, 0.29) is 11.7 Å². The molecule has 7 heteroatoms. The van der Waals surface area contributed by atoms with Crippen molar-refractivity contribution in [1.29, 1.82) is 0 Å². The van der Waals surface area contributed by atoms with Crippen LogP contribution in [0.25, 0.3) is 0 Å². The van der Waals surface area contributed by atoms with Gasteiger partial charge in [-0.3, -0.25) is 4.79 Å². The standard InChI is InChI=1S/C18H22N2O4S/c1-13-16(14(2)24-19-13)12-25(22,23)17(15-8-4-3-5-9-15)18(21)20-10-6-7-11-20/h3-5,8-9,17H,6-7,10-12H2,1-2H3/t17-/m1/s1. The van der Waals surface area contributed by atoms with Crippen LogP contribution in [0.15, 0.2) is 34.9 Å². The molecular weight excluding hydrogens is 340 g/mol. The molecule has 6 nitrogen and oxygen atoms in total. The van der Waals surface area contributed by atoms with Crippen LogP contribution < -0.4 is 0 Å². The fourth-order valence-electron chi connectivity index (χ4n) is 3.23. The Morgan fingerprint density at radius 1 is 1.20 bits per heavy atom. The molecule has 1 aliphatic rings. The first kappa shape index (κ1) is 17.7. The molecule has 25 heavy (non-hydrogen) atoms. The number of rotatable bonds is 5. The topological polar surface area (TPSA) is 80.5 Å². The van der Waals surface area contributed by atoms with E-state index in [4.69, 9.17) is 4.52 Å². The quantitative estimate of drug-likeness (QED) is 0.817. The second-order valence-electron chi connectivity index (χ2n) is 6.43. The number of amides is 1. The van der Waals surface area contributed by atoms with Crippen LogP contribution in [0.2, 0.25) is 0 Å². The van der Waals surface area contributed by atoms with Crippen LogP contribution in [-0.4, -0.2) is 37.5 Å². The summed E-state index contributed by atoms with van der Waals surface area (Å²) in [6.07, 6.45) is 1.83. The lowest BCUT2D eigenvalue weighted by Gasteiger charge is -2.23. The van der Waals surface area contributed by atoms with E-state index in [1.807, 2.05) is 6.07 Å². The van der Waals surface area contributed by atoms with E-state index in [1.165, 1.54) is 0 Å². The van der Waals surface area contributed by atoms with Gasteiger partial charge in [0.25, 0.3) is 0 Å². The van der Waals surface area contributed by atoms with Crippen molar-refractivity contribution < 1.29 is 17.7 Å². The van der Waals surface area contributed by atoms with Gasteiger partial charge in [-0.25, -0.2) is 8.42 Å². The Labute approximate surface area is 147 Å². The average Bonchev–Trinajstić information content (AvgIpc) is 3.21. The molecule has 134 valence electrons. The third-order valence-corrected chi connectivity index (χ3v) is 6.51. The first-order chi connectivity index (χ1) is 11.9. The zero-order valence-electron chi connectivity index (χ0n) is 14.4. The van der Waals surface area contributed by atoms with Crippen molar-refractivity contribution in [2.75, 3.05) is 13.1 Å². The molecule has 0 bridgehead atoms. The number of aryl methyl sites for hydroxylation is 2. The number of carbonyl (C=O) groups excluding carboxylic acids is 1. The zero-order valence-corrected chi connectivity index (χ0v) is 15.3. The van der Waals surface area contributed by atoms with Crippen LogP contribution in [0.4, 0.5) is 0 Å². The molecule has 0 N–H and O–H groups in total. The normalized spacial score (nSPS) is 16.2. The Bertz CT molecular complexity index is 833. The van der Waals surface area contributed by atoms with Gasteiger partial charge in [0, 0.05) is 18.7 Å². The van der Waals surface area contributed by atoms with Crippen molar-refractivity contribution in [2.24, 2.45) is 0 Å². The van der Waals surface area contributed by atoms with Crippen molar-refractivity contribution in [3.05, 3.63) is 52.9 Å². The summed E-state index contributed by atoms with van der Waals surface area (Å²) < 4.78 is 31.4. The largest absolute Gasteiger partial charge is 0.361 e. The molecule has 2 heterocycles. The maximum absolute atomic E-state index is 13.2. The molecule has 1 aliphatic heterocycles. The van der Waals surface area contributed by atoms with Crippen LogP contribution in [0.5, 0.6) is 0 Å². The maximum Gasteiger partial charge on any atom is 0.245 e. The number of hydrogen-bond donors (Lipinski definition) is 0. The SMILES string of the molecule is Cc1noc(C)c1CS(=O)(=O)[C@@H](C(=O)N1CCCC1)c1ccccc1. The number of likely N-dealkylation sites (tertiary alicyclic amines) is 1. The molecule has 1 atom stereocenters. The zero-order chi connectivity index (χ0) is 18.0. The fourth-order valence-corrected chi connectivity index (χ4v) is 5.24. The monoisotopic (exact) mass is 362 g/mol. The van der Waals surface area contributed by atoms with Gasteiger partial charge >= 0.3 is 0 Å². The predicted molar refractivity (Wildman–Crippen MR) is 93.6 cm³/mol. The average molecular weight is 362 g/mol. The van der Waals surface area contributed by atoms with Crippen LogP contribution in [-0.2, 0) is 20.4 Å².